The molecule has 1 atom stereocenters. The molecule has 0 aliphatic heterocycles. The van der Waals surface area contributed by atoms with Gasteiger partial charge in [-0.1, -0.05) is 60.7 Å². The van der Waals surface area contributed by atoms with Crippen molar-refractivity contribution in [2.45, 2.75) is 13.8 Å². The molecule has 4 heteroatoms. The number of aryl methyl sites for hydroxylation is 2. The highest BCUT2D eigenvalue weighted by atomic mass is 15.2. The van der Waals surface area contributed by atoms with Crippen molar-refractivity contribution in [3.8, 4) is 11.1 Å². The van der Waals surface area contributed by atoms with Gasteiger partial charge in [-0.15, -0.1) is 0 Å². The molecule has 0 saturated carbocycles. The van der Waals surface area contributed by atoms with E-state index >= 15 is 0 Å². The zero-order chi connectivity index (χ0) is 29.9. The maximum absolute atomic E-state index is 4.25. The number of H-pyrrole nitrogens is 1. The van der Waals surface area contributed by atoms with Crippen molar-refractivity contribution in [3.63, 3.8) is 0 Å². The molecule has 0 spiro atoms. The number of quaternary nitrogens is 1. The summed E-state index contributed by atoms with van der Waals surface area (Å²) in [5.41, 5.74) is 11.8. The summed E-state index contributed by atoms with van der Waals surface area (Å²) in [4.78, 5) is 10.9. The smallest absolute Gasteiger partial charge is 0.172 e. The lowest BCUT2D eigenvalue weighted by Crippen LogP contribution is -2.96. The molecule has 7 aromatic rings. The van der Waals surface area contributed by atoms with Gasteiger partial charge in [-0.05, 0) is 83.3 Å². The minimum Gasteiger partial charge on any atom is -0.310 e. The summed E-state index contributed by atoms with van der Waals surface area (Å²) in [5.74, 6) is 0. The second kappa shape index (κ2) is 12.0. The van der Waals surface area contributed by atoms with Gasteiger partial charge in [-0.3, -0.25) is 4.98 Å². The van der Waals surface area contributed by atoms with Crippen LogP contribution in [-0.4, -0.2) is 4.98 Å². The Bertz CT molecular complexity index is 1980. The number of hydrogen-bond acceptors (Lipinski definition) is 2. The van der Waals surface area contributed by atoms with Crippen LogP contribution in [0, 0.1) is 13.8 Å². The van der Waals surface area contributed by atoms with E-state index in [9.17, 15) is 0 Å². The van der Waals surface area contributed by atoms with E-state index < -0.39 is 0 Å². The quantitative estimate of drug-likeness (QED) is 0.208. The fourth-order valence-electron chi connectivity index (χ4n) is 6.13. The number of pyridine rings is 2. The van der Waals surface area contributed by atoms with E-state index in [1.165, 1.54) is 37.9 Å². The van der Waals surface area contributed by atoms with E-state index in [-0.39, 0.29) is 0 Å². The van der Waals surface area contributed by atoms with Crippen LogP contribution in [0.4, 0.5) is 34.1 Å². The minimum atomic E-state index is 1.10. The minimum absolute atomic E-state index is 1.10. The van der Waals surface area contributed by atoms with Crippen molar-refractivity contribution in [3.05, 3.63) is 169 Å². The van der Waals surface area contributed by atoms with E-state index in [1.807, 2.05) is 24.8 Å². The van der Waals surface area contributed by atoms with Gasteiger partial charge in [0.1, 0.15) is 11.4 Å². The normalized spacial score (nSPS) is 11.8. The van der Waals surface area contributed by atoms with Crippen LogP contribution in [0.15, 0.2) is 158 Å². The number of hydrogen-bond donors (Lipinski definition) is 1. The number of fused-ring (bicyclic) bond motifs is 1. The van der Waals surface area contributed by atoms with Gasteiger partial charge >= 0.3 is 0 Å². The summed E-state index contributed by atoms with van der Waals surface area (Å²) in [6, 6.07) is 47.8. The van der Waals surface area contributed by atoms with Crippen molar-refractivity contribution in [1.29, 1.82) is 0 Å². The van der Waals surface area contributed by atoms with Crippen LogP contribution in [0.5, 0.6) is 0 Å². The summed E-state index contributed by atoms with van der Waals surface area (Å²) in [7, 11) is 0. The topological polar surface area (TPSA) is 34.7 Å². The van der Waals surface area contributed by atoms with Crippen molar-refractivity contribution < 1.29 is 9.88 Å². The van der Waals surface area contributed by atoms with E-state index in [4.69, 9.17) is 0 Å². The Morgan fingerprint density at radius 2 is 1.18 bits per heavy atom. The van der Waals surface area contributed by atoms with Crippen LogP contribution in [0.25, 0.3) is 21.9 Å². The number of para-hydroxylation sites is 1. The third-order valence-corrected chi connectivity index (χ3v) is 8.37. The monoisotopic (exact) mass is 570 g/mol. The molecular formula is C40H34N4+2. The summed E-state index contributed by atoms with van der Waals surface area (Å²) in [6.45, 7) is 4.44. The molecule has 0 saturated heterocycles. The van der Waals surface area contributed by atoms with Crippen molar-refractivity contribution in [1.82, 2.24) is 4.98 Å². The van der Waals surface area contributed by atoms with Crippen LogP contribution in [0.3, 0.4) is 0 Å². The van der Waals surface area contributed by atoms with Gasteiger partial charge in [0.15, 0.2) is 18.1 Å². The van der Waals surface area contributed by atoms with Crippen LogP contribution in [0.2, 0.25) is 0 Å². The Morgan fingerprint density at radius 1 is 0.545 bits per heavy atom. The first-order valence-corrected chi connectivity index (χ1v) is 15.0. The molecule has 0 fully saturated rings. The Morgan fingerprint density at radius 3 is 1.95 bits per heavy atom. The fourth-order valence-corrected chi connectivity index (χ4v) is 6.13. The molecule has 44 heavy (non-hydrogen) atoms. The Labute approximate surface area is 258 Å². The lowest BCUT2D eigenvalue weighted by molar-refractivity contribution is -0.681. The van der Waals surface area contributed by atoms with Crippen LogP contribution in [0.1, 0.15) is 11.1 Å². The first-order valence-electron chi connectivity index (χ1n) is 15.0. The van der Waals surface area contributed by atoms with Gasteiger partial charge < -0.3 is 4.90 Å². The fraction of sp³-hybridized carbons (Fsp3) is 0.0500. The van der Waals surface area contributed by atoms with Crippen LogP contribution < -0.4 is 14.8 Å². The SMILES string of the molecule is Cc1ccc(N(c2ccccc2)c2ccc([NH+](c3ccncc3)c3cc[nH+]cc3)cc2)cc1-c1ccc2ccccc2c1C. The average Bonchev–Trinajstić information content (AvgIpc) is 3.08. The molecule has 1 unspecified atom stereocenters. The van der Waals surface area contributed by atoms with E-state index in [1.54, 1.807) is 0 Å². The first-order chi connectivity index (χ1) is 21.7. The lowest BCUT2D eigenvalue weighted by atomic mass is 9.92. The summed E-state index contributed by atoms with van der Waals surface area (Å²) in [5, 5.41) is 2.56. The number of nitrogens with one attached hydrogen (secondary N) is 2. The number of aromatic nitrogens is 2. The number of benzene rings is 5. The Kier molecular flexibility index (Phi) is 7.41. The molecule has 0 aliphatic rings. The van der Waals surface area contributed by atoms with Crippen molar-refractivity contribution in [2.24, 2.45) is 0 Å². The molecule has 0 bridgehead atoms. The molecule has 0 amide bonds. The predicted molar refractivity (Wildman–Crippen MR) is 181 cm³/mol. The van der Waals surface area contributed by atoms with Crippen LogP contribution in [-0.2, 0) is 0 Å². The molecule has 4 nitrogen and oxygen atoms in total. The molecule has 2 N–H and O–H groups in total. The van der Waals surface area contributed by atoms with Crippen molar-refractivity contribution in [2.75, 3.05) is 4.90 Å². The number of nitrogens with zero attached hydrogens (tertiary/aromatic N) is 2. The van der Waals surface area contributed by atoms with E-state index in [0.29, 0.717) is 0 Å². The first kappa shape index (κ1) is 27.3. The number of anilines is 3. The zero-order valence-corrected chi connectivity index (χ0v) is 24.9. The standard InChI is InChI=1S/C40H32N4/c1-29-12-14-37(28-40(29)39-19-13-31-8-6-7-11-38(31)30(39)2)44(32-9-4-3-5-10-32)34-17-15-33(16-18-34)43(35-20-24-41-25-21-35)36-22-26-42-27-23-36/h3-28H,1-2H3/p+2. The maximum Gasteiger partial charge on any atom is 0.172 e. The highest BCUT2D eigenvalue weighted by Gasteiger charge is 2.21. The Hall–Kier alpha value is -5.58. The highest BCUT2D eigenvalue weighted by molar-refractivity contribution is 5.93. The molecule has 0 aliphatic carbocycles. The molecule has 2 heterocycles. The second-order valence-electron chi connectivity index (χ2n) is 11.1. The van der Waals surface area contributed by atoms with Gasteiger partial charge in [0.2, 0.25) is 0 Å². The molecule has 7 rings (SSSR count). The van der Waals surface area contributed by atoms with Gasteiger partial charge in [0.25, 0.3) is 0 Å². The largest absolute Gasteiger partial charge is 0.310 e. The third kappa shape index (κ3) is 5.24. The molecular weight excluding hydrogens is 536 g/mol. The predicted octanol–water partition coefficient (Wildman–Crippen LogP) is 8.98. The molecule has 2 aromatic heterocycles. The van der Waals surface area contributed by atoms with Crippen molar-refractivity contribution >= 4 is 44.9 Å². The zero-order valence-electron chi connectivity index (χ0n) is 24.9. The van der Waals surface area contributed by atoms with Crippen LogP contribution >= 0.6 is 0 Å². The maximum atomic E-state index is 4.25. The Balaban J connectivity index is 1.33. The third-order valence-electron chi connectivity index (χ3n) is 8.37. The van der Waals surface area contributed by atoms with Gasteiger partial charge in [0.05, 0.1) is 12.1 Å². The average molecular weight is 571 g/mol. The van der Waals surface area contributed by atoms with Gasteiger partial charge in [-0.25, -0.2) is 9.88 Å². The van der Waals surface area contributed by atoms with Gasteiger partial charge in [-0.2, -0.15) is 0 Å². The summed E-state index contributed by atoms with van der Waals surface area (Å²) < 4.78 is 0. The summed E-state index contributed by atoms with van der Waals surface area (Å²) in [6.07, 6.45) is 7.63. The second-order valence-corrected chi connectivity index (χ2v) is 11.1. The molecule has 5 aromatic carbocycles. The molecule has 0 radical (unpaired) electrons. The van der Waals surface area contributed by atoms with E-state index in [2.05, 4.69) is 162 Å². The number of aromatic amines is 1. The number of rotatable bonds is 7. The lowest BCUT2D eigenvalue weighted by Gasteiger charge is -2.27. The summed E-state index contributed by atoms with van der Waals surface area (Å²) >= 11 is 0. The van der Waals surface area contributed by atoms with Gasteiger partial charge in [0, 0.05) is 53.7 Å². The highest BCUT2D eigenvalue weighted by Crippen LogP contribution is 2.39. The van der Waals surface area contributed by atoms with E-state index in [0.717, 1.165) is 34.1 Å². The molecule has 212 valence electrons.